The summed E-state index contributed by atoms with van der Waals surface area (Å²) in [6.07, 6.45) is 3.76. The van der Waals surface area contributed by atoms with E-state index in [1.165, 1.54) is 25.3 Å². The molecule has 1 aromatic carbocycles. The van der Waals surface area contributed by atoms with Crippen molar-refractivity contribution in [1.82, 2.24) is 4.90 Å². The molecule has 0 radical (unpaired) electrons. The lowest BCUT2D eigenvalue weighted by molar-refractivity contribution is 0.223. The lowest BCUT2D eigenvalue weighted by Gasteiger charge is -2.30. The molecule has 1 aliphatic heterocycles. The van der Waals surface area contributed by atoms with Gasteiger partial charge in [-0.25, -0.2) is 13.6 Å². The summed E-state index contributed by atoms with van der Waals surface area (Å²) in [6, 6.07) is 4.87. The van der Waals surface area contributed by atoms with E-state index < -0.39 is 10.0 Å². The topological polar surface area (TPSA) is 101 Å². The second-order valence-corrected chi connectivity index (χ2v) is 7.24. The van der Waals surface area contributed by atoms with E-state index in [0.29, 0.717) is 11.4 Å². The average Bonchev–Trinajstić information content (AvgIpc) is 2.40. The minimum atomic E-state index is -3.79. The molecular formula is C14H24N4O2S. The van der Waals surface area contributed by atoms with E-state index in [0.717, 1.165) is 19.6 Å². The summed E-state index contributed by atoms with van der Waals surface area (Å²) in [6.45, 7) is 5.14. The third-order valence-corrected chi connectivity index (χ3v) is 4.65. The molecule has 1 fully saturated rings. The Balaban J connectivity index is 2.08. The molecule has 5 N–H and O–H groups in total. The third-order valence-electron chi connectivity index (χ3n) is 3.69. The molecule has 1 saturated heterocycles. The molecule has 1 unspecified atom stereocenters. The number of hydrogen-bond donors (Lipinski definition) is 3. The van der Waals surface area contributed by atoms with Crippen LogP contribution in [0.2, 0.25) is 0 Å². The standard InChI is InChI=1S/C14H24N4O2S/c1-11(10-18-7-3-2-4-8-18)17-13-6-5-12(15)9-14(13)21(16,19)20/h5-6,9,11,17H,2-4,7-8,10,15H2,1H3,(H2,16,19,20). The molecule has 2 rings (SSSR count). The number of primary sulfonamides is 1. The largest absolute Gasteiger partial charge is 0.399 e. The summed E-state index contributed by atoms with van der Waals surface area (Å²) in [7, 11) is -3.79. The zero-order chi connectivity index (χ0) is 15.5. The smallest absolute Gasteiger partial charge is 0.240 e. The molecule has 21 heavy (non-hydrogen) atoms. The zero-order valence-corrected chi connectivity index (χ0v) is 13.2. The highest BCUT2D eigenvalue weighted by Gasteiger charge is 2.18. The maximum atomic E-state index is 11.6. The first-order chi connectivity index (χ1) is 9.86. The Hall–Kier alpha value is -1.31. The van der Waals surface area contributed by atoms with E-state index in [2.05, 4.69) is 10.2 Å². The number of nitrogens with one attached hydrogen (secondary N) is 1. The first-order valence-electron chi connectivity index (χ1n) is 7.27. The molecule has 1 heterocycles. The summed E-state index contributed by atoms with van der Waals surface area (Å²) in [5.41, 5.74) is 6.54. The summed E-state index contributed by atoms with van der Waals surface area (Å²) < 4.78 is 23.3. The number of likely N-dealkylation sites (tertiary alicyclic amines) is 1. The maximum Gasteiger partial charge on any atom is 0.240 e. The average molecular weight is 312 g/mol. The van der Waals surface area contributed by atoms with Crippen LogP contribution in [0.5, 0.6) is 0 Å². The van der Waals surface area contributed by atoms with Crippen molar-refractivity contribution in [2.75, 3.05) is 30.7 Å². The Morgan fingerprint density at radius 3 is 2.57 bits per heavy atom. The van der Waals surface area contributed by atoms with E-state index in [1.807, 2.05) is 6.92 Å². The van der Waals surface area contributed by atoms with Crippen LogP contribution in [0.15, 0.2) is 23.1 Å². The third kappa shape index (κ3) is 4.59. The summed E-state index contributed by atoms with van der Waals surface area (Å²) in [5, 5.41) is 8.49. The van der Waals surface area contributed by atoms with E-state index in [4.69, 9.17) is 10.9 Å². The first-order valence-corrected chi connectivity index (χ1v) is 8.82. The van der Waals surface area contributed by atoms with Gasteiger partial charge in [-0.05, 0) is 51.1 Å². The molecule has 0 amide bonds. The highest BCUT2D eigenvalue weighted by molar-refractivity contribution is 7.89. The Kier molecular flexibility index (Phi) is 5.08. The van der Waals surface area contributed by atoms with Gasteiger partial charge < -0.3 is 16.0 Å². The van der Waals surface area contributed by atoms with Gasteiger partial charge in [-0.15, -0.1) is 0 Å². The fraction of sp³-hybridized carbons (Fsp3) is 0.571. The van der Waals surface area contributed by atoms with Crippen molar-refractivity contribution >= 4 is 21.4 Å². The van der Waals surface area contributed by atoms with Crippen LogP contribution in [-0.4, -0.2) is 39.0 Å². The van der Waals surface area contributed by atoms with Gasteiger partial charge in [0.05, 0.1) is 5.69 Å². The molecular weight excluding hydrogens is 288 g/mol. The highest BCUT2D eigenvalue weighted by atomic mass is 32.2. The molecule has 1 aliphatic rings. The van der Waals surface area contributed by atoms with E-state index in [-0.39, 0.29) is 10.9 Å². The molecule has 118 valence electrons. The van der Waals surface area contributed by atoms with Crippen LogP contribution in [0.4, 0.5) is 11.4 Å². The van der Waals surface area contributed by atoms with E-state index >= 15 is 0 Å². The van der Waals surface area contributed by atoms with Gasteiger partial charge in [0, 0.05) is 18.3 Å². The van der Waals surface area contributed by atoms with Gasteiger partial charge in [0.2, 0.25) is 10.0 Å². The molecule has 0 aliphatic carbocycles. The van der Waals surface area contributed by atoms with E-state index in [9.17, 15) is 8.42 Å². The first kappa shape index (κ1) is 16.1. The SMILES string of the molecule is CC(CN1CCCCC1)Nc1ccc(N)cc1S(N)(=O)=O. The van der Waals surface area contributed by atoms with Crippen LogP contribution in [0, 0.1) is 0 Å². The van der Waals surface area contributed by atoms with Crippen molar-refractivity contribution in [3.8, 4) is 0 Å². The lowest BCUT2D eigenvalue weighted by Crippen LogP contribution is -2.38. The normalized spacial score (nSPS) is 18.4. The second kappa shape index (κ2) is 6.64. The minimum Gasteiger partial charge on any atom is -0.399 e. The predicted octanol–water partition coefficient (Wildman–Crippen LogP) is 1.20. The Morgan fingerprint density at radius 1 is 1.29 bits per heavy atom. The van der Waals surface area contributed by atoms with Gasteiger partial charge in [-0.3, -0.25) is 0 Å². The number of hydrogen-bond acceptors (Lipinski definition) is 5. The number of nitrogen functional groups attached to an aromatic ring is 1. The Bertz CT molecular complexity index is 583. The molecule has 0 bridgehead atoms. The van der Waals surface area contributed by atoms with Crippen LogP contribution in [-0.2, 0) is 10.0 Å². The predicted molar refractivity (Wildman–Crippen MR) is 85.6 cm³/mol. The van der Waals surface area contributed by atoms with Crippen LogP contribution in [0.25, 0.3) is 0 Å². The van der Waals surface area contributed by atoms with Gasteiger partial charge >= 0.3 is 0 Å². The van der Waals surface area contributed by atoms with Crippen LogP contribution >= 0.6 is 0 Å². The van der Waals surface area contributed by atoms with Crippen LogP contribution in [0.1, 0.15) is 26.2 Å². The zero-order valence-electron chi connectivity index (χ0n) is 12.4. The molecule has 6 nitrogen and oxygen atoms in total. The van der Waals surface area contributed by atoms with Crippen LogP contribution < -0.4 is 16.2 Å². The molecule has 0 spiro atoms. The number of anilines is 2. The summed E-state index contributed by atoms with van der Waals surface area (Å²) in [5.74, 6) is 0. The minimum absolute atomic E-state index is 0.0491. The number of piperidine rings is 1. The van der Waals surface area contributed by atoms with Crippen molar-refractivity contribution in [2.24, 2.45) is 5.14 Å². The number of nitrogens with zero attached hydrogens (tertiary/aromatic N) is 1. The van der Waals surface area contributed by atoms with Gasteiger partial charge in [0.25, 0.3) is 0 Å². The quantitative estimate of drug-likeness (QED) is 0.709. The molecule has 7 heteroatoms. The monoisotopic (exact) mass is 312 g/mol. The molecule has 0 saturated carbocycles. The Morgan fingerprint density at radius 2 is 1.95 bits per heavy atom. The number of nitrogens with two attached hydrogens (primary N) is 2. The molecule has 1 aromatic rings. The van der Waals surface area contributed by atoms with Crippen molar-refractivity contribution in [2.45, 2.75) is 37.1 Å². The Labute approximate surface area is 126 Å². The van der Waals surface area contributed by atoms with Crippen molar-refractivity contribution < 1.29 is 8.42 Å². The van der Waals surface area contributed by atoms with Gasteiger partial charge in [0.1, 0.15) is 4.90 Å². The van der Waals surface area contributed by atoms with Gasteiger partial charge in [-0.1, -0.05) is 6.42 Å². The van der Waals surface area contributed by atoms with Crippen LogP contribution in [0.3, 0.4) is 0 Å². The second-order valence-electron chi connectivity index (χ2n) is 5.71. The highest BCUT2D eigenvalue weighted by Crippen LogP contribution is 2.23. The fourth-order valence-electron chi connectivity index (χ4n) is 2.73. The van der Waals surface area contributed by atoms with Gasteiger partial charge in [0.15, 0.2) is 0 Å². The van der Waals surface area contributed by atoms with E-state index in [1.54, 1.807) is 12.1 Å². The van der Waals surface area contributed by atoms with Crippen molar-refractivity contribution in [1.29, 1.82) is 0 Å². The number of benzene rings is 1. The molecule has 0 aromatic heterocycles. The van der Waals surface area contributed by atoms with Crippen molar-refractivity contribution in [3.05, 3.63) is 18.2 Å². The summed E-state index contributed by atoms with van der Waals surface area (Å²) in [4.78, 5) is 2.45. The number of sulfonamides is 1. The lowest BCUT2D eigenvalue weighted by atomic mass is 10.1. The van der Waals surface area contributed by atoms with Crippen molar-refractivity contribution in [3.63, 3.8) is 0 Å². The fourth-order valence-corrected chi connectivity index (χ4v) is 3.47. The molecule has 1 atom stereocenters. The number of rotatable bonds is 5. The summed E-state index contributed by atoms with van der Waals surface area (Å²) >= 11 is 0. The maximum absolute atomic E-state index is 11.6. The van der Waals surface area contributed by atoms with Gasteiger partial charge in [-0.2, -0.15) is 0 Å².